The van der Waals surface area contributed by atoms with E-state index in [1.165, 1.54) is 0 Å². The van der Waals surface area contributed by atoms with E-state index in [9.17, 15) is 9.59 Å². The molecule has 6 heteroatoms. The fraction of sp³-hybridized carbons (Fsp3) is 0.263. The van der Waals surface area contributed by atoms with Crippen molar-refractivity contribution in [3.63, 3.8) is 0 Å². The zero-order chi connectivity index (χ0) is 16.9. The third-order valence-electron chi connectivity index (χ3n) is 4.38. The maximum Gasteiger partial charge on any atom is 0.251 e. The molecule has 1 aliphatic rings. The Labute approximate surface area is 153 Å². The summed E-state index contributed by atoms with van der Waals surface area (Å²) in [5.74, 6) is -0.208. The highest BCUT2D eigenvalue weighted by Gasteiger charge is 2.33. The molecule has 0 saturated carbocycles. The Hall–Kier alpha value is -2.37. The first-order valence-electron chi connectivity index (χ1n) is 8.06. The summed E-state index contributed by atoms with van der Waals surface area (Å²) in [4.78, 5) is 26.1. The van der Waals surface area contributed by atoms with Crippen LogP contribution in [0.2, 0.25) is 0 Å². The molecule has 0 unspecified atom stereocenters. The van der Waals surface area contributed by atoms with E-state index in [1.807, 2.05) is 36.4 Å². The Morgan fingerprint density at radius 2 is 1.60 bits per heavy atom. The van der Waals surface area contributed by atoms with E-state index >= 15 is 0 Å². The molecule has 0 spiro atoms. The standard InChI is InChI=1S/C19H21N3O2.ClH/c20-17-13-22(12-16(17)14-7-3-1-4-8-14)18(23)11-21-19(24)15-9-5-2-6-10-15;/h1-10,16-17H,11-13,20H2,(H,21,24);1H/t16-,17+;/m0./s1. The van der Waals surface area contributed by atoms with Crippen LogP contribution in [0, 0.1) is 0 Å². The van der Waals surface area contributed by atoms with E-state index in [0.717, 1.165) is 5.56 Å². The van der Waals surface area contributed by atoms with Gasteiger partial charge in [0.15, 0.2) is 0 Å². The fourth-order valence-electron chi connectivity index (χ4n) is 3.04. The first-order valence-corrected chi connectivity index (χ1v) is 8.06. The van der Waals surface area contributed by atoms with Crippen LogP contribution >= 0.6 is 12.4 Å². The molecule has 1 saturated heterocycles. The van der Waals surface area contributed by atoms with Crippen LogP contribution < -0.4 is 11.1 Å². The zero-order valence-electron chi connectivity index (χ0n) is 13.8. The van der Waals surface area contributed by atoms with Crippen LogP contribution in [0.5, 0.6) is 0 Å². The second kappa shape index (κ2) is 8.65. The summed E-state index contributed by atoms with van der Waals surface area (Å²) in [7, 11) is 0. The number of carbonyl (C=O) groups is 2. The second-order valence-corrected chi connectivity index (χ2v) is 6.03. The van der Waals surface area contributed by atoms with Gasteiger partial charge in [-0.3, -0.25) is 9.59 Å². The molecular weight excluding hydrogens is 338 g/mol. The average Bonchev–Trinajstić information content (AvgIpc) is 3.02. The Kier molecular flexibility index (Phi) is 6.56. The van der Waals surface area contributed by atoms with Crippen LogP contribution in [0.4, 0.5) is 0 Å². The number of nitrogens with two attached hydrogens (primary N) is 1. The summed E-state index contributed by atoms with van der Waals surface area (Å²) in [6.45, 7) is 1.09. The Morgan fingerprint density at radius 3 is 2.24 bits per heavy atom. The molecule has 0 aliphatic carbocycles. The minimum atomic E-state index is -0.243. The Morgan fingerprint density at radius 1 is 1.00 bits per heavy atom. The van der Waals surface area contributed by atoms with E-state index in [2.05, 4.69) is 5.32 Å². The molecule has 2 atom stereocenters. The van der Waals surface area contributed by atoms with Crippen LogP contribution in [0.1, 0.15) is 21.8 Å². The van der Waals surface area contributed by atoms with Crippen molar-refractivity contribution >= 4 is 24.2 Å². The van der Waals surface area contributed by atoms with Gasteiger partial charge in [0.05, 0.1) is 6.54 Å². The highest BCUT2D eigenvalue weighted by atomic mass is 35.5. The quantitative estimate of drug-likeness (QED) is 0.873. The highest BCUT2D eigenvalue weighted by molar-refractivity contribution is 5.96. The monoisotopic (exact) mass is 359 g/mol. The number of amides is 2. The lowest BCUT2D eigenvalue weighted by molar-refractivity contribution is -0.129. The van der Waals surface area contributed by atoms with Gasteiger partial charge >= 0.3 is 0 Å². The van der Waals surface area contributed by atoms with Gasteiger partial charge in [-0.25, -0.2) is 0 Å². The summed E-state index contributed by atoms with van der Waals surface area (Å²) in [5.41, 5.74) is 7.90. The van der Waals surface area contributed by atoms with Gasteiger partial charge in [-0.2, -0.15) is 0 Å². The van der Waals surface area contributed by atoms with Crippen molar-refractivity contribution in [2.24, 2.45) is 5.73 Å². The molecule has 3 rings (SSSR count). The number of halogens is 1. The van der Waals surface area contributed by atoms with Crippen molar-refractivity contribution in [1.29, 1.82) is 0 Å². The van der Waals surface area contributed by atoms with Gasteiger partial charge in [-0.15, -0.1) is 12.4 Å². The minimum absolute atomic E-state index is 0. The minimum Gasteiger partial charge on any atom is -0.343 e. The molecule has 132 valence electrons. The third kappa shape index (κ3) is 4.59. The van der Waals surface area contributed by atoms with Crippen molar-refractivity contribution in [2.75, 3.05) is 19.6 Å². The van der Waals surface area contributed by atoms with Crippen LogP contribution in [0.15, 0.2) is 60.7 Å². The number of likely N-dealkylation sites (tertiary alicyclic amines) is 1. The molecule has 2 aromatic rings. The predicted molar refractivity (Wildman–Crippen MR) is 99.8 cm³/mol. The van der Waals surface area contributed by atoms with Gasteiger partial charge in [-0.05, 0) is 17.7 Å². The summed E-state index contributed by atoms with van der Waals surface area (Å²) in [6.07, 6.45) is 0. The number of benzene rings is 2. The lowest BCUT2D eigenvalue weighted by Crippen LogP contribution is -2.40. The van der Waals surface area contributed by atoms with E-state index in [-0.39, 0.29) is 42.7 Å². The molecule has 5 nitrogen and oxygen atoms in total. The SMILES string of the molecule is Cl.N[C@@H]1CN(C(=O)CNC(=O)c2ccccc2)C[C@H]1c1ccccc1. The molecule has 0 radical (unpaired) electrons. The second-order valence-electron chi connectivity index (χ2n) is 6.03. The number of hydrogen-bond acceptors (Lipinski definition) is 3. The van der Waals surface area contributed by atoms with Gasteiger partial charge in [0, 0.05) is 30.6 Å². The molecule has 2 aromatic carbocycles. The summed E-state index contributed by atoms with van der Waals surface area (Å²) in [5, 5.41) is 2.67. The summed E-state index contributed by atoms with van der Waals surface area (Å²) < 4.78 is 0. The van der Waals surface area contributed by atoms with E-state index in [0.29, 0.717) is 18.7 Å². The average molecular weight is 360 g/mol. The Bertz CT molecular complexity index is 709. The van der Waals surface area contributed by atoms with E-state index in [4.69, 9.17) is 5.73 Å². The number of nitrogens with zero attached hydrogens (tertiary/aromatic N) is 1. The van der Waals surface area contributed by atoms with Gasteiger partial charge < -0.3 is 16.0 Å². The maximum atomic E-state index is 12.4. The summed E-state index contributed by atoms with van der Waals surface area (Å²) >= 11 is 0. The molecule has 0 aromatic heterocycles. The van der Waals surface area contributed by atoms with Crippen molar-refractivity contribution in [3.8, 4) is 0 Å². The van der Waals surface area contributed by atoms with Crippen molar-refractivity contribution in [3.05, 3.63) is 71.8 Å². The van der Waals surface area contributed by atoms with Crippen LogP contribution in [-0.2, 0) is 4.79 Å². The fourth-order valence-corrected chi connectivity index (χ4v) is 3.04. The highest BCUT2D eigenvalue weighted by Crippen LogP contribution is 2.26. The number of carbonyl (C=O) groups excluding carboxylic acids is 2. The number of rotatable bonds is 4. The van der Waals surface area contributed by atoms with Crippen LogP contribution in [-0.4, -0.2) is 42.4 Å². The van der Waals surface area contributed by atoms with Gasteiger partial charge in [0.1, 0.15) is 0 Å². The largest absolute Gasteiger partial charge is 0.343 e. The number of nitrogens with one attached hydrogen (secondary N) is 1. The summed E-state index contributed by atoms with van der Waals surface area (Å²) in [6, 6.07) is 18.8. The van der Waals surface area contributed by atoms with Crippen molar-refractivity contribution < 1.29 is 9.59 Å². The van der Waals surface area contributed by atoms with Gasteiger partial charge in [-0.1, -0.05) is 48.5 Å². The molecule has 1 fully saturated rings. The normalized spacial score (nSPS) is 19.2. The molecule has 2 amide bonds. The number of hydrogen-bond donors (Lipinski definition) is 2. The maximum absolute atomic E-state index is 12.4. The predicted octanol–water partition coefficient (Wildman–Crippen LogP) is 1.79. The van der Waals surface area contributed by atoms with Crippen LogP contribution in [0.25, 0.3) is 0 Å². The first-order chi connectivity index (χ1) is 11.6. The van der Waals surface area contributed by atoms with Gasteiger partial charge in [0.25, 0.3) is 5.91 Å². The molecule has 0 bridgehead atoms. The zero-order valence-corrected chi connectivity index (χ0v) is 14.6. The molecule has 25 heavy (non-hydrogen) atoms. The molecule has 1 heterocycles. The Balaban J connectivity index is 0.00000225. The topological polar surface area (TPSA) is 75.4 Å². The van der Waals surface area contributed by atoms with Crippen molar-refractivity contribution in [2.45, 2.75) is 12.0 Å². The van der Waals surface area contributed by atoms with Gasteiger partial charge in [0.2, 0.25) is 5.91 Å². The van der Waals surface area contributed by atoms with E-state index in [1.54, 1.807) is 29.2 Å². The lowest BCUT2D eigenvalue weighted by Gasteiger charge is -2.17. The molecule has 3 N–H and O–H groups in total. The third-order valence-corrected chi connectivity index (χ3v) is 4.38. The molecule has 1 aliphatic heterocycles. The molecular formula is C19H22ClN3O2. The first kappa shape index (κ1) is 19.0. The van der Waals surface area contributed by atoms with Crippen LogP contribution in [0.3, 0.4) is 0 Å². The van der Waals surface area contributed by atoms with E-state index < -0.39 is 0 Å². The lowest BCUT2D eigenvalue weighted by atomic mass is 9.95. The van der Waals surface area contributed by atoms with Crippen molar-refractivity contribution in [1.82, 2.24) is 10.2 Å². The smallest absolute Gasteiger partial charge is 0.251 e.